The van der Waals surface area contributed by atoms with E-state index in [0.717, 1.165) is 30.8 Å². The molecule has 0 aromatic heterocycles. The second-order valence-electron chi connectivity index (χ2n) is 6.08. The molecule has 22 heavy (non-hydrogen) atoms. The van der Waals surface area contributed by atoms with Gasteiger partial charge in [-0.2, -0.15) is 5.26 Å². The Hall–Kier alpha value is -2.06. The van der Waals surface area contributed by atoms with Crippen LogP contribution < -0.4 is 10.6 Å². The lowest BCUT2D eigenvalue weighted by atomic mass is 9.88. The highest BCUT2D eigenvalue weighted by atomic mass is 15.3. The lowest BCUT2D eigenvalue weighted by molar-refractivity contribution is 0.152. The first kappa shape index (κ1) is 14.9. The van der Waals surface area contributed by atoms with Gasteiger partial charge in [0.25, 0.3) is 0 Å². The molecule has 5 heteroatoms. The molecule has 3 rings (SSSR count). The van der Waals surface area contributed by atoms with Crippen molar-refractivity contribution >= 4 is 11.6 Å². The number of benzene rings is 1. The van der Waals surface area contributed by atoms with E-state index in [-0.39, 0.29) is 0 Å². The minimum absolute atomic E-state index is 0.436. The molecule has 1 aromatic rings. The number of rotatable bonds is 1. The summed E-state index contributed by atoms with van der Waals surface area (Å²) in [5, 5.41) is 16.1. The number of anilines is 1. The number of guanidine groups is 1. The van der Waals surface area contributed by atoms with Gasteiger partial charge in [-0.25, -0.2) is 0 Å². The number of hydrogen-bond donors (Lipinski definition) is 2. The zero-order chi connectivity index (χ0) is 15.4. The number of fused-ring (bicyclic) bond motifs is 1. The third kappa shape index (κ3) is 3.07. The van der Waals surface area contributed by atoms with Crippen molar-refractivity contribution in [3.8, 4) is 6.19 Å². The van der Waals surface area contributed by atoms with Gasteiger partial charge in [-0.15, -0.1) is 4.99 Å². The van der Waals surface area contributed by atoms with Gasteiger partial charge in [-0.1, -0.05) is 31.0 Å². The minimum atomic E-state index is 0.436. The fourth-order valence-electron chi connectivity index (χ4n) is 3.57. The average molecular weight is 297 g/mol. The number of aryl methyl sites for hydroxylation is 1. The number of aliphatic imine (C=N–C) groups is 1. The number of nitrogens with zero attached hydrogens (tertiary/aromatic N) is 3. The van der Waals surface area contributed by atoms with Crippen LogP contribution in [0.4, 0.5) is 5.69 Å². The van der Waals surface area contributed by atoms with Crippen LogP contribution in [-0.4, -0.2) is 36.0 Å². The zero-order valence-corrected chi connectivity index (χ0v) is 13.0. The summed E-state index contributed by atoms with van der Waals surface area (Å²) in [6, 6.07) is 9.07. The Morgan fingerprint density at radius 1 is 1.36 bits per heavy atom. The molecule has 2 atom stereocenters. The van der Waals surface area contributed by atoms with Crippen LogP contribution in [0.3, 0.4) is 0 Å². The highest BCUT2D eigenvalue weighted by Gasteiger charge is 2.34. The summed E-state index contributed by atoms with van der Waals surface area (Å²) in [6.07, 6.45) is 6.88. The van der Waals surface area contributed by atoms with E-state index < -0.39 is 0 Å². The Morgan fingerprint density at radius 3 is 3.00 bits per heavy atom. The van der Waals surface area contributed by atoms with Crippen LogP contribution in [-0.2, 0) is 0 Å². The highest BCUT2D eigenvalue weighted by molar-refractivity contribution is 5.95. The van der Waals surface area contributed by atoms with Crippen molar-refractivity contribution in [2.75, 3.05) is 18.4 Å². The average Bonchev–Trinajstić information content (AvgIpc) is 2.56. The van der Waals surface area contributed by atoms with Crippen LogP contribution in [0.25, 0.3) is 0 Å². The maximum atomic E-state index is 9.09. The third-order valence-electron chi connectivity index (χ3n) is 4.71. The van der Waals surface area contributed by atoms with E-state index in [1.54, 1.807) is 0 Å². The van der Waals surface area contributed by atoms with Crippen LogP contribution in [0.1, 0.15) is 31.2 Å². The lowest BCUT2D eigenvalue weighted by Gasteiger charge is -2.45. The summed E-state index contributed by atoms with van der Waals surface area (Å²) >= 11 is 0. The third-order valence-corrected chi connectivity index (χ3v) is 4.71. The molecule has 0 bridgehead atoms. The van der Waals surface area contributed by atoms with Crippen LogP contribution >= 0.6 is 0 Å². The van der Waals surface area contributed by atoms with Crippen LogP contribution in [0.2, 0.25) is 0 Å². The lowest BCUT2D eigenvalue weighted by Crippen LogP contribution is -2.61. The summed E-state index contributed by atoms with van der Waals surface area (Å²) in [7, 11) is 0. The first-order chi connectivity index (χ1) is 10.8. The van der Waals surface area contributed by atoms with Gasteiger partial charge in [-0.3, -0.25) is 0 Å². The molecular weight excluding hydrogens is 274 g/mol. The number of nitriles is 1. The maximum Gasteiger partial charge on any atom is 0.214 e. The maximum absolute atomic E-state index is 9.09. The molecule has 0 spiro atoms. The normalized spacial score (nSPS) is 25.3. The van der Waals surface area contributed by atoms with Crippen molar-refractivity contribution in [3.63, 3.8) is 0 Å². The first-order valence-corrected chi connectivity index (χ1v) is 8.09. The number of para-hydroxylation sites is 1. The summed E-state index contributed by atoms with van der Waals surface area (Å²) < 4.78 is 0. The molecular formula is C17H23N5. The van der Waals surface area contributed by atoms with E-state index in [9.17, 15) is 0 Å². The topological polar surface area (TPSA) is 63.5 Å². The van der Waals surface area contributed by atoms with Gasteiger partial charge in [0.1, 0.15) is 0 Å². The molecule has 2 aliphatic rings. The van der Waals surface area contributed by atoms with Crippen molar-refractivity contribution in [1.29, 1.82) is 5.26 Å². The molecule has 0 amide bonds. The summed E-state index contributed by atoms with van der Waals surface area (Å²) in [5.41, 5.74) is 2.17. The molecule has 1 aliphatic carbocycles. The smallest absolute Gasteiger partial charge is 0.214 e. The van der Waals surface area contributed by atoms with Gasteiger partial charge in [0.05, 0.1) is 0 Å². The molecule has 1 saturated heterocycles. The monoisotopic (exact) mass is 297 g/mol. The molecule has 1 saturated carbocycles. The molecule has 0 radical (unpaired) electrons. The fourth-order valence-corrected chi connectivity index (χ4v) is 3.57. The van der Waals surface area contributed by atoms with Crippen molar-refractivity contribution < 1.29 is 0 Å². The fraction of sp³-hybridized carbons (Fsp3) is 0.529. The molecule has 1 aliphatic heterocycles. The summed E-state index contributed by atoms with van der Waals surface area (Å²) in [6.45, 7) is 3.90. The standard InChI is InChI=1S/C17H23N5/c1-13-6-2-3-7-14(13)21-17(20-12-18)22-11-10-19-15-8-4-5-9-16(15)22/h2-3,6-7,15-16,19H,4-5,8-11H2,1H3,(H,20,21). The van der Waals surface area contributed by atoms with E-state index in [2.05, 4.69) is 33.5 Å². The van der Waals surface area contributed by atoms with Crippen LogP contribution in [0.5, 0.6) is 0 Å². The van der Waals surface area contributed by atoms with Gasteiger partial charge >= 0.3 is 0 Å². The van der Waals surface area contributed by atoms with E-state index in [4.69, 9.17) is 5.26 Å². The molecule has 2 fully saturated rings. The predicted octanol–water partition coefficient (Wildman–Crippen LogP) is 2.46. The molecule has 2 unspecified atom stereocenters. The van der Waals surface area contributed by atoms with Crippen molar-refractivity contribution in [2.24, 2.45) is 4.99 Å². The molecule has 2 N–H and O–H groups in total. The number of hydrogen-bond acceptors (Lipinski definition) is 3. The van der Waals surface area contributed by atoms with Gasteiger partial charge in [0, 0.05) is 30.9 Å². The molecule has 1 heterocycles. The van der Waals surface area contributed by atoms with Crippen molar-refractivity contribution in [3.05, 3.63) is 29.8 Å². The largest absolute Gasteiger partial charge is 0.336 e. The molecule has 5 nitrogen and oxygen atoms in total. The number of piperazine rings is 1. The van der Waals surface area contributed by atoms with Gasteiger partial charge in [0.2, 0.25) is 12.2 Å². The quantitative estimate of drug-likeness (QED) is 0.475. The van der Waals surface area contributed by atoms with E-state index in [1.165, 1.54) is 19.3 Å². The first-order valence-electron chi connectivity index (χ1n) is 8.09. The Bertz CT molecular complexity index is 587. The Morgan fingerprint density at radius 2 is 2.18 bits per heavy atom. The second-order valence-corrected chi connectivity index (χ2v) is 6.08. The molecule has 1 aromatic carbocycles. The zero-order valence-electron chi connectivity index (χ0n) is 13.0. The van der Waals surface area contributed by atoms with Gasteiger partial charge in [0.15, 0.2) is 0 Å². The van der Waals surface area contributed by atoms with Gasteiger partial charge in [-0.05, 0) is 31.4 Å². The second kappa shape index (κ2) is 6.80. The van der Waals surface area contributed by atoms with E-state index in [1.807, 2.05) is 24.4 Å². The minimum Gasteiger partial charge on any atom is -0.336 e. The van der Waals surface area contributed by atoms with Crippen LogP contribution in [0.15, 0.2) is 29.3 Å². The Balaban J connectivity index is 1.83. The Labute approximate surface area is 132 Å². The van der Waals surface area contributed by atoms with Crippen LogP contribution in [0, 0.1) is 18.4 Å². The predicted molar refractivity (Wildman–Crippen MR) is 88.6 cm³/mol. The molecule has 116 valence electrons. The van der Waals surface area contributed by atoms with E-state index in [0.29, 0.717) is 18.0 Å². The van der Waals surface area contributed by atoms with Crippen molar-refractivity contribution in [2.45, 2.75) is 44.7 Å². The SMILES string of the molecule is Cc1ccccc1N/C(=N\C#N)N1CCNC2CCCCC21. The summed E-state index contributed by atoms with van der Waals surface area (Å²) in [5.74, 6) is 0.690. The van der Waals surface area contributed by atoms with Crippen molar-refractivity contribution in [1.82, 2.24) is 10.2 Å². The van der Waals surface area contributed by atoms with Gasteiger partial charge < -0.3 is 15.5 Å². The number of nitrogens with one attached hydrogen (secondary N) is 2. The Kier molecular flexibility index (Phi) is 4.59. The highest BCUT2D eigenvalue weighted by Crippen LogP contribution is 2.26. The summed E-state index contributed by atoms with van der Waals surface area (Å²) in [4.78, 5) is 6.37. The van der Waals surface area contributed by atoms with E-state index >= 15 is 0 Å².